The lowest BCUT2D eigenvalue weighted by Crippen LogP contribution is -2.16. The highest BCUT2D eigenvalue weighted by Gasteiger charge is 2.29. The normalized spacial score (nSPS) is 13.0. The molecule has 104 valence electrons. The number of benzene rings is 1. The van der Waals surface area contributed by atoms with Gasteiger partial charge in [0.15, 0.2) is 0 Å². The lowest BCUT2D eigenvalue weighted by molar-refractivity contribution is -0.136. The zero-order valence-corrected chi connectivity index (χ0v) is 11.3. The van der Waals surface area contributed by atoms with E-state index in [2.05, 4.69) is 0 Å². The second-order valence-electron chi connectivity index (χ2n) is 3.58. The molecule has 0 aromatic heterocycles. The van der Waals surface area contributed by atoms with Gasteiger partial charge in [-0.3, -0.25) is 0 Å². The zero-order valence-electron chi connectivity index (χ0n) is 8.97. The molecule has 1 aromatic carbocycles. The number of alkyl halides is 3. The maximum Gasteiger partial charge on any atom is 0.389 e. The molecule has 18 heavy (non-hydrogen) atoms. The van der Waals surface area contributed by atoms with E-state index in [1.807, 2.05) is 0 Å². The number of phenolic OH excluding ortho intramolecular Hbond substituents is 1. The van der Waals surface area contributed by atoms with Gasteiger partial charge < -0.3 is 10.8 Å². The molecular formula is C10H11Cl3F3NO. The summed E-state index contributed by atoms with van der Waals surface area (Å²) in [7, 11) is 0. The third-order valence-electron chi connectivity index (χ3n) is 2.18. The summed E-state index contributed by atoms with van der Waals surface area (Å²) in [5, 5.41) is 9.80. The first-order chi connectivity index (χ1) is 7.70. The second-order valence-corrected chi connectivity index (χ2v) is 4.42. The number of aromatic hydroxyl groups is 1. The number of rotatable bonds is 3. The largest absolute Gasteiger partial charge is 0.508 e. The maximum absolute atomic E-state index is 12.0. The molecule has 0 aliphatic carbocycles. The number of halogens is 6. The first-order valence-corrected chi connectivity index (χ1v) is 5.46. The van der Waals surface area contributed by atoms with Crippen molar-refractivity contribution in [1.82, 2.24) is 0 Å². The summed E-state index contributed by atoms with van der Waals surface area (Å²) in [5.41, 5.74) is 5.65. The van der Waals surface area contributed by atoms with Gasteiger partial charge in [-0.05, 0) is 18.6 Å². The molecule has 2 nitrogen and oxygen atoms in total. The summed E-state index contributed by atoms with van der Waals surface area (Å²) in [6.07, 6.45) is -5.67. The fraction of sp³-hybridized carbons (Fsp3) is 0.400. The molecule has 8 heteroatoms. The van der Waals surface area contributed by atoms with Crippen molar-refractivity contribution in [3.05, 3.63) is 27.7 Å². The van der Waals surface area contributed by atoms with Crippen LogP contribution >= 0.6 is 35.6 Å². The molecule has 1 rings (SSSR count). The number of hydrogen-bond donors (Lipinski definition) is 2. The summed E-state index contributed by atoms with van der Waals surface area (Å²) in [5.74, 6) is -0.294. The molecule has 0 radical (unpaired) electrons. The molecule has 0 saturated heterocycles. The van der Waals surface area contributed by atoms with Gasteiger partial charge in [-0.2, -0.15) is 13.2 Å². The minimum absolute atomic E-state index is 0. The van der Waals surface area contributed by atoms with Crippen molar-refractivity contribution >= 4 is 35.6 Å². The van der Waals surface area contributed by atoms with E-state index in [1.165, 1.54) is 12.1 Å². The molecule has 0 unspecified atom stereocenters. The van der Waals surface area contributed by atoms with Crippen LogP contribution in [0.15, 0.2) is 12.1 Å². The SMILES string of the molecule is Cl.N[C@H](CCC(F)(F)F)c1c(O)cc(Cl)cc1Cl. The van der Waals surface area contributed by atoms with Gasteiger partial charge in [0, 0.05) is 23.0 Å². The predicted octanol–water partition coefficient (Wildman–Crippen LogP) is 4.46. The zero-order chi connectivity index (χ0) is 13.2. The summed E-state index contributed by atoms with van der Waals surface area (Å²) < 4.78 is 36.1. The smallest absolute Gasteiger partial charge is 0.389 e. The Labute approximate surface area is 118 Å². The van der Waals surface area contributed by atoms with Crippen molar-refractivity contribution in [2.24, 2.45) is 5.73 Å². The molecule has 0 spiro atoms. The predicted molar refractivity (Wildman–Crippen MR) is 67.6 cm³/mol. The van der Waals surface area contributed by atoms with Crippen LogP contribution in [0.1, 0.15) is 24.4 Å². The number of hydrogen-bond acceptors (Lipinski definition) is 2. The average molecular weight is 325 g/mol. The summed E-state index contributed by atoms with van der Waals surface area (Å²) >= 11 is 11.4. The molecule has 0 aliphatic heterocycles. The molecule has 1 atom stereocenters. The highest BCUT2D eigenvalue weighted by Crippen LogP contribution is 2.36. The summed E-state index contributed by atoms with van der Waals surface area (Å²) in [6.45, 7) is 0. The number of nitrogens with two attached hydrogens (primary N) is 1. The van der Waals surface area contributed by atoms with E-state index in [0.29, 0.717) is 0 Å². The van der Waals surface area contributed by atoms with Gasteiger partial charge in [0.1, 0.15) is 5.75 Å². The third kappa shape index (κ3) is 5.10. The van der Waals surface area contributed by atoms with Gasteiger partial charge in [-0.15, -0.1) is 12.4 Å². The van der Waals surface area contributed by atoms with E-state index in [0.717, 1.165) is 0 Å². The average Bonchev–Trinajstić information content (AvgIpc) is 2.11. The van der Waals surface area contributed by atoms with Crippen LogP contribution in [0.25, 0.3) is 0 Å². The second kappa shape index (κ2) is 6.70. The van der Waals surface area contributed by atoms with Gasteiger partial charge in [0.2, 0.25) is 0 Å². The van der Waals surface area contributed by atoms with Crippen LogP contribution in [0, 0.1) is 0 Å². The Balaban J connectivity index is 0.00000289. The van der Waals surface area contributed by atoms with E-state index in [-0.39, 0.29) is 40.2 Å². The van der Waals surface area contributed by atoms with E-state index >= 15 is 0 Å². The van der Waals surface area contributed by atoms with Crippen molar-refractivity contribution in [1.29, 1.82) is 0 Å². The van der Waals surface area contributed by atoms with Crippen molar-refractivity contribution < 1.29 is 18.3 Å². The molecule has 0 saturated carbocycles. The Bertz CT molecular complexity index is 389. The van der Waals surface area contributed by atoms with Gasteiger partial charge in [0.25, 0.3) is 0 Å². The molecular weight excluding hydrogens is 313 g/mol. The summed E-state index contributed by atoms with van der Waals surface area (Å²) in [6, 6.07) is 1.53. The van der Waals surface area contributed by atoms with E-state index in [1.54, 1.807) is 0 Å². The van der Waals surface area contributed by atoms with Crippen LogP contribution < -0.4 is 5.73 Å². The molecule has 3 N–H and O–H groups in total. The Kier molecular flexibility index (Phi) is 6.57. The van der Waals surface area contributed by atoms with Crippen LogP contribution in [0.2, 0.25) is 10.0 Å². The Morgan fingerprint density at radius 1 is 1.28 bits per heavy atom. The summed E-state index contributed by atoms with van der Waals surface area (Å²) in [4.78, 5) is 0. The third-order valence-corrected chi connectivity index (χ3v) is 2.71. The van der Waals surface area contributed by atoms with Crippen LogP contribution in [0.4, 0.5) is 13.2 Å². The fourth-order valence-electron chi connectivity index (χ4n) is 1.40. The molecule has 0 fully saturated rings. The van der Waals surface area contributed by atoms with Crippen LogP contribution in [0.3, 0.4) is 0 Å². The van der Waals surface area contributed by atoms with E-state index in [9.17, 15) is 18.3 Å². The van der Waals surface area contributed by atoms with Crippen LogP contribution in [0.5, 0.6) is 5.75 Å². The highest BCUT2D eigenvalue weighted by atomic mass is 35.5. The Morgan fingerprint density at radius 2 is 1.83 bits per heavy atom. The highest BCUT2D eigenvalue weighted by molar-refractivity contribution is 6.35. The molecule has 0 amide bonds. The number of phenols is 1. The molecule has 1 aromatic rings. The van der Waals surface area contributed by atoms with E-state index in [4.69, 9.17) is 28.9 Å². The maximum atomic E-state index is 12.0. The lowest BCUT2D eigenvalue weighted by atomic mass is 10.0. The molecule has 0 heterocycles. The topological polar surface area (TPSA) is 46.2 Å². The van der Waals surface area contributed by atoms with Crippen molar-refractivity contribution in [2.75, 3.05) is 0 Å². The molecule has 0 bridgehead atoms. The quantitative estimate of drug-likeness (QED) is 0.862. The van der Waals surface area contributed by atoms with Crippen molar-refractivity contribution in [2.45, 2.75) is 25.1 Å². The van der Waals surface area contributed by atoms with Crippen molar-refractivity contribution in [3.63, 3.8) is 0 Å². The first-order valence-electron chi connectivity index (χ1n) is 4.71. The van der Waals surface area contributed by atoms with Crippen LogP contribution in [-0.2, 0) is 0 Å². The fourth-order valence-corrected chi connectivity index (χ4v) is 2.02. The van der Waals surface area contributed by atoms with Gasteiger partial charge in [-0.25, -0.2) is 0 Å². The monoisotopic (exact) mass is 323 g/mol. The first kappa shape index (κ1) is 17.6. The van der Waals surface area contributed by atoms with Gasteiger partial charge >= 0.3 is 6.18 Å². The van der Waals surface area contributed by atoms with Gasteiger partial charge in [-0.1, -0.05) is 23.2 Å². The van der Waals surface area contributed by atoms with E-state index < -0.39 is 18.6 Å². The van der Waals surface area contributed by atoms with Crippen molar-refractivity contribution in [3.8, 4) is 5.75 Å². The minimum Gasteiger partial charge on any atom is -0.508 e. The Morgan fingerprint density at radius 3 is 2.28 bits per heavy atom. The Hall–Kier alpha value is -0.360. The standard InChI is InChI=1S/C10H10Cl2F3NO.ClH/c11-5-3-6(12)9(8(17)4-5)7(16)1-2-10(13,14)15;/h3-4,7,17H,1-2,16H2;1H/t7-;/m1./s1. The minimum atomic E-state index is -4.29. The lowest BCUT2D eigenvalue weighted by Gasteiger charge is -2.16. The van der Waals surface area contributed by atoms with Crippen LogP contribution in [-0.4, -0.2) is 11.3 Å². The molecule has 0 aliphatic rings. The van der Waals surface area contributed by atoms with Gasteiger partial charge in [0.05, 0.1) is 5.02 Å².